The zero-order valence-corrected chi connectivity index (χ0v) is 15.6. The first-order valence-electron chi connectivity index (χ1n) is 7.49. The number of nitrogens with zero attached hydrogens (tertiary/aromatic N) is 2. The van der Waals surface area contributed by atoms with Crippen LogP contribution in [0.3, 0.4) is 0 Å². The molecule has 0 radical (unpaired) electrons. The molecule has 0 saturated carbocycles. The molecule has 0 fully saturated rings. The summed E-state index contributed by atoms with van der Waals surface area (Å²) >= 11 is 0. The number of nitrogens with one attached hydrogen (secondary N) is 2. The fourth-order valence-corrected chi connectivity index (χ4v) is 5.63. The summed E-state index contributed by atoms with van der Waals surface area (Å²) in [5.41, 5.74) is 0.963. The summed E-state index contributed by atoms with van der Waals surface area (Å²) in [5.74, 6) is 0.241. The monoisotopic (exact) mass is 378 g/mol. The molecule has 0 bridgehead atoms. The lowest BCUT2D eigenvalue weighted by molar-refractivity contribution is 0.587. The van der Waals surface area contributed by atoms with Crippen LogP contribution in [-0.2, 0) is 19.8 Å². The molecular weight excluding hydrogens is 360 g/mol. The van der Waals surface area contributed by atoms with Crippen molar-refractivity contribution in [3.63, 3.8) is 0 Å². The lowest BCUT2D eigenvalue weighted by atomic mass is 10.2. The summed E-state index contributed by atoms with van der Waals surface area (Å²) in [5, 5.41) is 2.82. The van der Waals surface area contributed by atoms with Gasteiger partial charge in [0.2, 0.25) is 16.0 Å². The van der Waals surface area contributed by atoms with Crippen molar-refractivity contribution in [1.82, 2.24) is 10.0 Å². The molecule has 2 N–H and O–H groups in total. The van der Waals surface area contributed by atoms with Gasteiger partial charge in [-0.2, -0.15) is 4.36 Å². The average Bonchev–Trinajstić information content (AvgIpc) is 2.61. The first-order chi connectivity index (χ1) is 11.8. The first-order valence-corrected chi connectivity index (χ1v) is 10.5. The van der Waals surface area contributed by atoms with Crippen molar-refractivity contribution in [2.24, 2.45) is 9.36 Å². The van der Waals surface area contributed by atoms with Gasteiger partial charge in [0.15, 0.2) is 0 Å². The van der Waals surface area contributed by atoms with Crippen molar-refractivity contribution < 1.29 is 12.6 Å². The number of benzene rings is 2. The van der Waals surface area contributed by atoms with Gasteiger partial charge in [-0.15, -0.1) is 0 Å². The maximum Gasteiger partial charge on any atom is 0.240 e. The van der Waals surface area contributed by atoms with Crippen molar-refractivity contribution in [3.05, 3.63) is 48.0 Å². The second-order valence-corrected chi connectivity index (χ2v) is 9.41. The number of aryl methyl sites for hydroxylation is 1. The van der Waals surface area contributed by atoms with E-state index in [9.17, 15) is 12.6 Å². The Hall–Kier alpha value is -2.23. The van der Waals surface area contributed by atoms with E-state index in [0.29, 0.717) is 16.1 Å². The summed E-state index contributed by atoms with van der Waals surface area (Å²) in [7, 11) is -3.77. The molecule has 0 saturated heterocycles. The smallest absolute Gasteiger partial charge is 0.240 e. The predicted octanol–water partition coefficient (Wildman–Crippen LogP) is 2.01. The van der Waals surface area contributed by atoms with Crippen LogP contribution < -0.4 is 10.0 Å². The van der Waals surface area contributed by atoms with Gasteiger partial charge in [-0.1, -0.05) is 18.2 Å². The quantitative estimate of drug-likeness (QED) is 0.853. The lowest BCUT2D eigenvalue weighted by Crippen LogP contribution is -2.23. The SMILES string of the molecule is CNC1=Nc2cc(C)c(S(=O)(=O)NC)cc2S(=O)(c2ccccc2)=N1. The molecule has 2 aromatic carbocycles. The molecule has 132 valence electrons. The molecule has 1 heterocycles. The zero-order valence-electron chi connectivity index (χ0n) is 14.0. The van der Waals surface area contributed by atoms with Crippen molar-refractivity contribution in [2.45, 2.75) is 21.6 Å². The molecule has 0 aromatic heterocycles. The molecule has 1 aliphatic rings. The third-order valence-corrected chi connectivity index (χ3v) is 7.66. The molecule has 0 amide bonds. The van der Waals surface area contributed by atoms with Gasteiger partial charge in [0, 0.05) is 7.05 Å². The first kappa shape index (κ1) is 17.6. The molecule has 1 unspecified atom stereocenters. The molecular formula is C16H18N4O3S2. The van der Waals surface area contributed by atoms with Crippen LogP contribution in [0.1, 0.15) is 5.56 Å². The highest BCUT2D eigenvalue weighted by Crippen LogP contribution is 2.37. The molecule has 2 aromatic rings. The standard InChI is InChI=1S/C16H18N4O3S2/c1-11-9-13-15(10-14(11)25(22,23)18-3)24(21,20-16(17-2)19-13)12-7-5-4-6-8-12/h4-10,18H,1-3H3,(H,17,19,20,21). The van der Waals surface area contributed by atoms with Gasteiger partial charge in [-0.05, 0) is 43.8 Å². The van der Waals surface area contributed by atoms with E-state index in [1.165, 1.54) is 13.1 Å². The van der Waals surface area contributed by atoms with E-state index in [1.54, 1.807) is 44.3 Å². The maximum atomic E-state index is 13.8. The highest BCUT2D eigenvalue weighted by atomic mass is 32.2. The van der Waals surface area contributed by atoms with Gasteiger partial charge in [0.1, 0.15) is 9.73 Å². The van der Waals surface area contributed by atoms with Gasteiger partial charge in [-0.3, -0.25) is 0 Å². The van der Waals surface area contributed by atoms with E-state index in [-0.39, 0.29) is 15.8 Å². The Bertz CT molecular complexity index is 1080. The van der Waals surface area contributed by atoms with Gasteiger partial charge in [0.05, 0.1) is 20.4 Å². The molecule has 25 heavy (non-hydrogen) atoms. The summed E-state index contributed by atoms with van der Waals surface area (Å²) in [6.45, 7) is 1.68. The molecule has 0 aliphatic carbocycles. The van der Waals surface area contributed by atoms with Crippen LogP contribution in [0.4, 0.5) is 5.69 Å². The van der Waals surface area contributed by atoms with Crippen LogP contribution in [-0.4, -0.2) is 32.7 Å². The van der Waals surface area contributed by atoms with Crippen LogP contribution in [0, 0.1) is 6.92 Å². The van der Waals surface area contributed by atoms with Gasteiger partial charge in [-0.25, -0.2) is 22.3 Å². The lowest BCUT2D eigenvalue weighted by Gasteiger charge is -2.20. The fourth-order valence-electron chi connectivity index (χ4n) is 2.55. The van der Waals surface area contributed by atoms with E-state index in [0.717, 1.165) is 0 Å². The van der Waals surface area contributed by atoms with E-state index in [4.69, 9.17) is 0 Å². The maximum absolute atomic E-state index is 13.8. The van der Waals surface area contributed by atoms with Crippen molar-refractivity contribution in [2.75, 3.05) is 14.1 Å². The van der Waals surface area contributed by atoms with Gasteiger partial charge in [0.25, 0.3) is 0 Å². The summed E-state index contributed by atoms with van der Waals surface area (Å²) in [6.07, 6.45) is 0. The van der Waals surface area contributed by atoms with E-state index >= 15 is 0 Å². The fraction of sp³-hybridized carbons (Fsp3) is 0.188. The number of guanidine groups is 1. The Kier molecular flexibility index (Phi) is 4.40. The largest absolute Gasteiger partial charge is 0.357 e. The number of hydrogen-bond donors (Lipinski definition) is 2. The van der Waals surface area contributed by atoms with Crippen LogP contribution in [0.15, 0.2) is 66.5 Å². The van der Waals surface area contributed by atoms with Crippen molar-refractivity contribution in [3.8, 4) is 0 Å². The van der Waals surface area contributed by atoms with Crippen LogP contribution in [0.2, 0.25) is 0 Å². The summed E-state index contributed by atoms with van der Waals surface area (Å²) in [4.78, 5) is 5.19. The Morgan fingerprint density at radius 2 is 1.76 bits per heavy atom. The van der Waals surface area contributed by atoms with Gasteiger partial charge >= 0.3 is 0 Å². The molecule has 3 rings (SSSR count). The van der Waals surface area contributed by atoms with Crippen molar-refractivity contribution in [1.29, 1.82) is 0 Å². The van der Waals surface area contributed by atoms with Crippen molar-refractivity contribution >= 4 is 31.4 Å². The third kappa shape index (κ3) is 2.94. The highest BCUT2D eigenvalue weighted by molar-refractivity contribution is 7.94. The Morgan fingerprint density at radius 3 is 2.36 bits per heavy atom. The number of hydrogen-bond acceptors (Lipinski definition) is 6. The number of fused-ring (bicyclic) bond motifs is 1. The average molecular weight is 378 g/mol. The molecule has 1 aliphatic heterocycles. The van der Waals surface area contributed by atoms with Gasteiger partial charge < -0.3 is 5.32 Å². The minimum Gasteiger partial charge on any atom is -0.357 e. The molecule has 0 spiro atoms. The molecule has 1 atom stereocenters. The summed E-state index contributed by atoms with van der Waals surface area (Å²) < 4.78 is 44.9. The summed E-state index contributed by atoms with van der Waals surface area (Å²) in [6, 6.07) is 11.8. The molecule has 7 nitrogen and oxygen atoms in total. The Balaban J connectivity index is 2.39. The highest BCUT2D eigenvalue weighted by Gasteiger charge is 2.28. The minimum absolute atomic E-state index is 0.0655. The van der Waals surface area contributed by atoms with Crippen LogP contribution >= 0.6 is 0 Å². The number of aliphatic imine (C=N–C) groups is 1. The molecule has 9 heteroatoms. The minimum atomic E-state index is -3.70. The van der Waals surface area contributed by atoms with Crippen LogP contribution in [0.5, 0.6) is 0 Å². The van der Waals surface area contributed by atoms with E-state index < -0.39 is 19.8 Å². The topological polar surface area (TPSA) is 100.0 Å². The Morgan fingerprint density at radius 1 is 1.08 bits per heavy atom. The van der Waals surface area contributed by atoms with E-state index in [2.05, 4.69) is 19.4 Å². The second kappa shape index (κ2) is 6.25. The van der Waals surface area contributed by atoms with Crippen LogP contribution in [0.25, 0.3) is 0 Å². The second-order valence-electron chi connectivity index (χ2n) is 5.41. The predicted molar refractivity (Wildman–Crippen MR) is 97.1 cm³/mol. The Labute approximate surface area is 147 Å². The normalized spacial score (nSPS) is 19.6. The number of sulfonamides is 1. The zero-order chi connectivity index (χ0) is 18.2. The van der Waals surface area contributed by atoms with E-state index in [1.807, 2.05) is 6.07 Å². The number of rotatable bonds is 3. The third-order valence-electron chi connectivity index (χ3n) is 3.84.